The summed E-state index contributed by atoms with van der Waals surface area (Å²) in [5.74, 6) is 0.385. The van der Waals surface area contributed by atoms with Crippen molar-refractivity contribution in [3.63, 3.8) is 0 Å². The highest BCUT2D eigenvalue weighted by atomic mass is 16.6. The van der Waals surface area contributed by atoms with Crippen LogP contribution in [0.25, 0.3) is 0 Å². The number of nitro groups is 1. The Morgan fingerprint density at radius 3 is 2.36 bits per heavy atom. The lowest BCUT2D eigenvalue weighted by atomic mass is 9.63. The molecule has 7 nitrogen and oxygen atoms in total. The van der Waals surface area contributed by atoms with Crippen molar-refractivity contribution >= 4 is 23.7 Å². The molecule has 4 aliphatic carbocycles. The van der Waals surface area contributed by atoms with E-state index in [-0.39, 0.29) is 41.2 Å². The predicted octanol–water partition coefficient (Wildman–Crippen LogP) is 1.98. The molecule has 1 aliphatic heterocycles. The monoisotopic (exact) mass is 337 g/mol. The average molecular weight is 337 g/mol. The van der Waals surface area contributed by atoms with Crippen LogP contribution in [0.3, 0.4) is 0 Å². The summed E-state index contributed by atoms with van der Waals surface area (Å²) in [7, 11) is 0. The van der Waals surface area contributed by atoms with E-state index in [9.17, 15) is 19.7 Å². The Morgan fingerprint density at radius 2 is 1.76 bits per heavy atom. The fraction of sp³-hybridized carbons (Fsp3) is 0.389. The molecule has 25 heavy (non-hydrogen) atoms. The summed E-state index contributed by atoms with van der Waals surface area (Å²) in [6, 6.07) is 5.94. The average Bonchev–Trinajstić information content (AvgIpc) is 3.39. The molecule has 5 aliphatic rings. The number of carbonyl (C=O) groups excluding carboxylic acids is 2. The molecule has 1 saturated heterocycles. The lowest BCUT2D eigenvalue weighted by molar-refractivity contribution is -0.384. The standard InChI is InChI=1S/C18H15N3O4/c22-17-15-11-4-5-12(14-7-13(11)14)16(15)18(23)20(17)19-8-9-2-1-3-10(6-9)21(24)25/h1-6,8,11-16H,7H2/b19-8-/t11-,12-,13-,14+,15+,16+/m1/s1. The van der Waals surface area contributed by atoms with Gasteiger partial charge in [0.05, 0.1) is 23.0 Å². The molecule has 0 unspecified atom stereocenters. The lowest BCUT2D eigenvalue weighted by Crippen LogP contribution is -2.40. The summed E-state index contributed by atoms with van der Waals surface area (Å²) >= 11 is 0. The van der Waals surface area contributed by atoms with Crippen LogP contribution in [0.1, 0.15) is 12.0 Å². The summed E-state index contributed by atoms with van der Waals surface area (Å²) in [6.07, 6.45) is 6.68. The number of allylic oxidation sites excluding steroid dienone is 2. The molecule has 2 bridgehead atoms. The predicted molar refractivity (Wildman–Crippen MR) is 87.2 cm³/mol. The molecule has 1 heterocycles. The number of carbonyl (C=O) groups is 2. The maximum absolute atomic E-state index is 12.7. The van der Waals surface area contributed by atoms with Crippen molar-refractivity contribution in [2.24, 2.45) is 40.6 Å². The number of non-ortho nitro benzene ring substituents is 1. The number of hydrogen-bond acceptors (Lipinski definition) is 5. The van der Waals surface area contributed by atoms with Crippen LogP contribution in [0.5, 0.6) is 0 Å². The molecule has 126 valence electrons. The quantitative estimate of drug-likeness (QED) is 0.277. The molecule has 2 amide bonds. The van der Waals surface area contributed by atoms with Crippen LogP contribution in [0, 0.1) is 45.6 Å². The van der Waals surface area contributed by atoms with Crippen molar-refractivity contribution in [2.45, 2.75) is 6.42 Å². The summed E-state index contributed by atoms with van der Waals surface area (Å²) < 4.78 is 0. The van der Waals surface area contributed by atoms with Crippen LogP contribution >= 0.6 is 0 Å². The Hall–Kier alpha value is -2.83. The van der Waals surface area contributed by atoms with Crippen molar-refractivity contribution in [1.29, 1.82) is 0 Å². The van der Waals surface area contributed by atoms with E-state index in [0.717, 1.165) is 11.4 Å². The van der Waals surface area contributed by atoms with Crippen LogP contribution < -0.4 is 0 Å². The second-order valence-electron chi connectivity index (χ2n) is 7.24. The Kier molecular flexibility index (Phi) is 2.81. The van der Waals surface area contributed by atoms with Gasteiger partial charge in [0, 0.05) is 17.7 Å². The number of amides is 2. The SMILES string of the molecule is O=C1[C@H]2[C@@H]3C=C[C@H]([C@@H]4C[C@H]34)[C@@H]2C(=O)N1/N=C\c1cccc([N+](=O)[O-])c1. The smallest absolute Gasteiger partial charge is 0.270 e. The van der Waals surface area contributed by atoms with Crippen LogP contribution in [0.15, 0.2) is 41.5 Å². The van der Waals surface area contributed by atoms with Gasteiger partial charge in [0.15, 0.2) is 0 Å². The largest absolute Gasteiger partial charge is 0.272 e. The third kappa shape index (κ3) is 1.95. The lowest BCUT2D eigenvalue weighted by Gasteiger charge is -2.37. The van der Waals surface area contributed by atoms with Crippen LogP contribution in [-0.2, 0) is 9.59 Å². The van der Waals surface area contributed by atoms with Crippen molar-refractivity contribution in [1.82, 2.24) is 5.01 Å². The van der Waals surface area contributed by atoms with Crippen LogP contribution in [-0.4, -0.2) is 28.0 Å². The third-order valence-electron chi connectivity index (χ3n) is 6.04. The molecule has 1 aromatic rings. The molecular formula is C18H15N3O4. The topological polar surface area (TPSA) is 92.9 Å². The zero-order chi connectivity index (χ0) is 17.3. The summed E-state index contributed by atoms with van der Waals surface area (Å²) in [4.78, 5) is 35.8. The first-order valence-electron chi connectivity index (χ1n) is 8.41. The molecule has 3 fully saturated rings. The highest BCUT2D eigenvalue weighted by molar-refractivity contribution is 6.06. The fourth-order valence-electron chi connectivity index (χ4n) is 4.90. The van der Waals surface area contributed by atoms with E-state index in [0.29, 0.717) is 17.4 Å². The molecule has 1 aromatic carbocycles. The van der Waals surface area contributed by atoms with Gasteiger partial charge in [-0.3, -0.25) is 19.7 Å². The van der Waals surface area contributed by atoms with Crippen molar-refractivity contribution in [2.75, 3.05) is 0 Å². The van der Waals surface area contributed by atoms with Crippen LogP contribution in [0.4, 0.5) is 5.69 Å². The highest BCUT2D eigenvalue weighted by Crippen LogP contribution is 2.65. The highest BCUT2D eigenvalue weighted by Gasteiger charge is 2.67. The molecule has 2 saturated carbocycles. The van der Waals surface area contributed by atoms with E-state index in [1.54, 1.807) is 12.1 Å². The van der Waals surface area contributed by atoms with Gasteiger partial charge in [0.2, 0.25) is 0 Å². The fourth-order valence-corrected chi connectivity index (χ4v) is 4.90. The first kappa shape index (κ1) is 14.5. The Bertz CT molecular complexity index is 841. The number of rotatable bonds is 3. The normalized spacial score (nSPS) is 37.5. The van der Waals surface area contributed by atoms with E-state index in [2.05, 4.69) is 17.3 Å². The van der Waals surface area contributed by atoms with Crippen LogP contribution in [0.2, 0.25) is 0 Å². The van der Waals surface area contributed by atoms with Gasteiger partial charge in [-0.1, -0.05) is 24.3 Å². The third-order valence-corrected chi connectivity index (χ3v) is 6.04. The van der Waals surface area contributed by atoms with Gasteiger partial charge in [-0.15, -0.1) is 0 Å². The number of hydrazone groups is 1. The maximum atomic E-state index is 12.7. The Balaban J connectivity index is 1.43. The number of nitro benzene ring substituents is 1. The minimum atomic E-state index is -0.492. The Labute approximate surface area is 143 Å². The minimum absolute atomic E-state index is 0.0565. The number of hydrogen-bond donors (Lipinski definition) is 0. The van der Waals surface area contributed by atoms with E-state index in [1.807, 2.05) is 0 Å². The number of imide groups is 1. The van der Waals surface area contributed by atoms with Gasteiger partial charge in [-0.05, 0) is 30.1 Å². The second-order valence-corrected chi connectivity index (χ2v) is 7.24. The van der Waals surface area contributed by atoms with E-state index in [1.165, 1.54) is 18.3 Å². The zero-order valence-corrected chi connectivity index (χ0v) is 13.2. The summed E-state index contributed by atoms with van der Waals surface area (Å²) in [6.45, 7) is 0. The zero-order valence-electron chi connectivity index (χ0n) is 13.2. The molecule has 0 spiro atoms. The first-order chi connectivity index (χ1) is 12.1. The minimum Gasteiger partial charge on any atom is -0.272 e. The van der Waals surface area contributed by atoms with Gasteiger partial charge >= 0.3 is 0 Å². The molecule has 0 radical (unpaired) electrons. The van der Waals surface area contributed by atoms with Crippen molar-refractivity contribution < 1.29 is 14.5 Å². The van der Waals surface area contributed by atoms with Gasteiger partial charge in [-0.25, -0.2) is 0 Å². The molecule has 6 rings (SSSR count). The number of benzene rings is 1. The van der Waals surface area contributed by atoms with Gasteiger partial charge in [0.1, 0.15) is 0 Å². The molecule has 0 aromatic heterocycles. The summed E-state index contributed by atoms with van der Waals surface area (Å²) in [5, 5.41) is 15.9. The second kappa shape index (κ2) is 4.84. The van der Waals surface area contributed by atoms with Gasteiger partial charge in [0.25, 0.3) is 17.5 Å². The Morgan fingerprint density at radius 1 is 1.12 bits per heavy atom. The maximum Gasteiger partial charge on any atom is 0.270 e. The molecule has 6 atom stereocenters. The number of nitrogens with zero attached hydrogens (tertiary/aromatic N) is 3. The molecule has 7 heteroatoms. The van der Waals surface area contributed by atoms with Crippen molar-refractivity contribution in [3.05, 3.63) is 52.1 Å². The van der Waals surface area contributed by atoms with E-state index >= 15 is 0 Å². The molecule has 0 N–H and O–H groups in total. The van der Waals surface area contributed by atoms with Gasteiger partial charge in [-0.2, -0.15) is 10.1 Å². The first-order valence-corrected chi connectivity index (χ1v) is 8.41. The van der Waals surface area contributed by atoms with E-state index in [4.69, 9.17) is 0 Å². The van der Waals surface area contributed by atoms with E-state index < -0.39 is 4.92 Å². The molecular weight excluding hydrogens is 322 g/mol. The summed E-state index contributed by atoms with van der Waals surface area (Å²) in [5.41, 5.74) is 0.424. The van der Waals surface area contributed by atoms with Crippen molar-refractivity contribution in [3.8, 4) is 0 Å². The van der Waals surface area contributed by atoms with Gasteiger partial charge < -0.3 is 0 Å².